The number of benzene rings is 2. The molecule has 1 unspecified atom stereocenters. The minimum absolute atomic E-state index is 0.131. The first kappa shape index (κ1) is 26.4. The van der Waals surface area contributed by atoms with E-state index in [1.54, 1.807) is 29.8 Å². The number of hydrogen-bond donors (Lipinski definition) is 1. The second kappa shape index (κ2) is 13.0. The van der Waals surface area contributed by atoms with Crippen LogP contribution in [0.15, 0.2) is 53.3 Å². The molecular formula is C27H36N4O4. The average molecular weight is 481 g/mol. The summed E-state index contributed by atoms with van der Waals surface area (Å²) in [5.74, 6) is 0.558. The molecule has 0 fully saturated rings. The van der Waals surface area contributed by atoms with E-state index in [1.165, 1.54) is 5.56 Å². The molecule has 0 bridgehead atoms. The highest BCUT2D eigenvalue weighted by molar-refractivity contribution is 5.89. The summed E-state index contributed by atoms with van der Waals surface area (Å²) in [6.07, 6.45) is 2.18. The first-order valence-corrected chi connectivity index (χ1v) is 12.2. The van der Waals surface area contributed by atoms with E-state index in [4.69, 9.17) is 14.5 Å². The molecule has 35 heavy (non-hydrogen) atoms. The third kappa shape index (κ3) is 6.46. The molecule has 188 valence electrons. The van der Waals surface area contributed by atoms with Gasteiger partial charge in [0.2, 0.25) is 0 Å². The molecule has 0 radical (unpaired) electrons. The molecule has 0 saturated heterocycles. The van der Waals surface area contributed by atoms with Crippen LogP contribution in [0.2, 0.25) is 0 Å². The maximum absolute atomic E-state index is 13.5. The number of aryl methyl sites for hydroxylation is 1. The van der Waals surface area contributed by atoms with E-state index in [9.17, 15) is 9.59 Å². The first-order chi connectivity index (χ1) is 17.0. The van der Waals surface area contributed by atoms with Crippen molar-refractivity contribution in [3.05, 3.63) is 70.3 Å². The third-order valence-electron chi connectivity index (χ3n) is 6.09. The van der Waals surface area contributed by atoms with Gasteiger partial charge in [-0.15, -0.1) is 0 Å². The lowest BCUT2D eigenvalue weighted by molar-refractivity contribution is 0.150. The van der Waals surface area contributed by atoms with Gasteiger partial charge in [-0.25, -0.2) is 9.78 Å². The fourth-order valence-corrected chi connectivity index (χ4v) is 4.18. The standard InChI is InChI=1S/C27H36N4O4/c1-5-20-12-14-21(15-13-20)28-27(33)30(16-9-18-34-3)24(6-2)25-29-23-11-8-7-10-22(23)26(32)31(25)17-19-35-4/h7-8,10-15,24H,5-6,9,16-19H2,1-4H3,(H,28,33). The lowest BCUT2D eigenvalue weighted by Crippen LogP contribution is -2.42. The van der Waals surface area contributed by atoms with Crippen molar-refractivity contribution in [1.29, 1.82) is 0 Å². The second-order valence-electron chi connectivity index (χ2n) is 8.38. The Labute approximate surface area is 206 Å². The number of para-hydroxylation sites is 1. The maximum atomic E-state index is 13.5. The van der Waals surface area contributed by atoms with Crippen molar-refractivity contribution in [3.8, 4) is 0 Å². The molecular weight excluding hydrogens is 444 g/mol. The SMILES string of the molecule is CCc1ccc(NC(=O)N(CCCOC)C(CC)c2nc3ccccc3c(=O)n2CCOC)cc1. The van der Waals surface area contributed by atoms with Crippen LogP contribution in [0, 0.1) is 0 Å². The molecule has 1 N–H and O–H groups in total. The summed E-state index contributed by atoms with van der Waals surface area (Å²) in [5, 5.41) is 3.58. The van der Waals surface area contributed by atoms with Gasteiger partial charge in [0.05, 0.1) is 30.1 Å². The number of amides is 2. The summed E-state index contributed by atoms with van der Waals surface area (Å²) >= 11 is 0. The van der Waals surface area contributed by atoms with Gasteiger partial charge in [0, 0.05) is 33.1 Å². The Morgan fingerprint density at radius 1 is 1.06 bits per heavy atom. The number of aromatic nitrogens is 2. The molecule has 3 rings (SSSR count). The van der Waals surface area contributed by atoms with E-state index in [1.807, 2.05) is 49.4 Å². The highest BCUT2D eigenvalue weighted by Crippen LogP contribution is 2.25. The molecule has 0 saturated carbocycles. The summed E-state index contributed by atoms with van der Waals surface area (Å²) in [4.78, 5) is 33.6. The van der Waals surface area contributed by atoms with E-state index in [0.29, 0.717) is 55.9 Å². The van der Waals surface area contributed by atoms with Crippen LogP contribution >= 0.6 is 0 Å². The molecule has 2 amide bonds. The number of rotatable bonds is 12. The molecule has 1 heterocycles. The molecule has 0 aliphatic heterocycles. The number of ether oxygens (including phenoxy) is 2. The van der Waals surface area contributed by atoms with Gasteiger partial charge < -0.3 is 19.7 Å². The quantitative estimate of drug-likeness (QED) is 0.382. The van der Waals surface area contributed by atoms with Crippen LogP contribution in [0.25, 0.3) is 10.9 Å². The van der Waals surface area contributed by atoms with Crippen LogP contribution in [0.5, 0.6) is 0 Å². The number of nitrogens with zero attached hydrogens (tertiary/aromatic N) is 3. The van der Waals surface area contributed by atoms with Crippen molar-refractivity contribution in [1.82, 2.24) is 14.5 Å². The maximum Gasteiger partial charge on any atom is 0.322 e. The lowest BCUT2D eigenvalue weighted by Gasteiger charge is -2.32. The van der Waals surface area contributed by atoms with Gasteiger partial charge in [0.1, 0.15) is 5.82 Å². The zero-order chi connectivity index (χ0) is 25.2. The molecule has 3 aromatic rings. The van der Waals surface area contributed by atoms with Gasteiger partial charge in [0.25, 0.3) is 5.56 Å². The summed E-state index contributed by atoms with van der Waals surface area (Å²) in [7, 11) is 3.25. The fraction of sp³-hybridized carbons (Fsp3) is 0.444. The molecule has 0 aliphatic carbocycles. The monoisotopic (exact) mass is 480 g/mol. The Hall–Kier alpha value is -3.23. The Morgan fingerprint density at radius 3 is 2.43 bits per heavy atom. The van der Waals surface area contributed by atoms with Crippen molar-refractivity contribution >= 4 is 22.6 Å². The highest BCUT2D eigenvalue weighted by atomic mass is 16.5. The highest BCUT2D eigenvalue weighted by Gasteiger charge is 2.28. The van der Waals surface area contributed by atoms with E-state index in [-0.39, 0.29) is 11.6 Å². The zero-order valence-electron chi connectivity index (χ0n) is 21.1. The van der Waals surface area contributed by atoms with Gasteiger partial charge in [-0.05, 0) is 49.1 Å². The molecule has 8 heteroatoms. The van der Waals surface area contributed by atoms with Crippen LogP contribution < -0.4 is 10.9 Å². The number of carbonyl (C=O) groups is 1. The van der Waals surface area contributed by atoms with E-state index in [0.717, 1.165) is 12.1 Å². The molecule has 0 aliphatic rings. The van der Waals surface area contributed by atoms with Crippen molar-refractivity contribution in [2.75, 3.05) is 39.3 Å². The molecule has 8 nitrogen and oxygen atoms in total. The van der Waals surface area contributed by atoms with E-state index >= 15 is 0 Å². The number of hydrogen-bond acceptors (Lipinski definition) is 5. The Morgan fingerprint density at radius 2 is 1.77 bits per heavy atom. The number of nitrogens with one attached hydrogen (secondary N) is 1. The molecule has 0 spiro atoms. The predicted molar refractivity (Wildman–Crippen MR) is 139 cm³/mol. The number of methoxy groups -OCH3 is 2. The second-order valence-corrected chi connectivity index (χ2v) is 8.38. The van der Waals surface area contributed by atoms with Crippen LogP contribution in [0.3, 0.4) is 0 Å². The molecule has 1 aromatic heterocycles. The summed E-state index contributed by atoms with van der Waals surface area (Å²) in [5.41, 5.74) is 2.41. The summed E-state index contributed by atoms with van der Waals surface area (Å²) < 4.78 is 12.2. The smallest absolute Gasteiger partial charge is 0.322 e. The average Bonchev–Trinajstić information content (AvgIpc) is 2.88. The normalized spacial score (nSPS) is 12.0. The van der Waals surface area contributed by atoms with Crippen LogP contribution in [0.4, 0.5) is 10.5 Å². The van der Waals surface area contributed by atoms with Crippen molar-refractivity contribution in [2.24, 2.45) is 0 Å². The minimum atomic E-state index is -0.407. The Balaban J connectivity index is 2.03. The van der Waals surface area contributed by atoms with Crippen molar-refractivity contribution < 1.29 is 14.3 Å². The summed E-state index contributed by atoms with van der Waals surface area (Å²) in [6, 6.07) is 14.5. The van der Waals surface area contributed by atoms with Gasteiger partial charge in [-0.3, -0.25) is 9.36 Å². The van der Waals surface area contributed by atoms with E-state index in [2.05, 4.69) is 12.2 Å². The topological polar surface area (TPSA) is 85.7 Å². The van der Waals surface area contributed by atoms with E-state index < -0.39 is 6.04 Å². The van der Waals surface area contributed by atoms with Crippen molar-refractivity contribution in [2.45, 2.75) is 45.7 Å². The van der Waals surface area contributed by atoms with Crippen LogP contribution in [-0.4, -0.2) is 54.5 Å². The molecule has 1 atom stereocenters. The Bertz CT molecular complexity index is 1160. The van der Waals surface area contributed by atoms with Gasteiger partial charge in [-0.1, -0.05) is 38.1 Å². The van der Waals surface area contributed by atoms with Crippen LogP contribution in [0.1, 0.15) is 44.1 Å². The first-order valence-electron chi connectivity index (χ1n) is 12.2. The fourth-order valence-electron chi connectivity index (χ4n) is 4.18. The van der Waals surface area contributed by atoms with Gasteiger partial charge in [0.15, 0.2) is 0 Å². The zero-order valence-corrected chi connectivity index (χ0v) is 21.1. The minimum Gasteiger partial charge on any atom is -0.385 e. The Kier molecular flexibility index (Phi) is 9.81. The van der Waals surface area contributed by atoms with Crippen LogP contribution in [-0.2, 0) is 22.4 Å². The van der Waals surface area contributed by atoms with Gasteiger partial charge in [-0.2, -0.15) is 0 Å². The number of fused-ring (bicyclic) bond motifs is 1. The predicted octanol–water partition coefficient (Wildman–Crippen LogP) is 4.63. The third-order valence-corrected chi connectivity index (χ3v) is 6.09. The van der Waals surface area contributed by atoms with Gasteiger partial charge >= 0.3 is 6.03 Å². The number of carbonyl (C=O) groups excluding carboxylic acids is 1. The molecule has 2 aromatic carbocycles. The largest absolute Gasteiger partial charge is 0.385 e. The van der Waals surface area contributed by atoms with Crippen molar-refractivity contribution in [3.63, 3.8) is 0 Å². The summed E-state index contributed by atoms with van der Waals surface area (Å²) in [6.45, 7) is 5.79. The lowest BCUT2D eigenvalue weighted by atomic mass is 10.1. The number of anilines is 1. The number of urea groups is 1.